The van der Waals surface area contributed by atoms with Crippen molar-refractivity contribution in [3.05, 3.63) is 23.8 Å². The monoisotopic (exact) mass is 398 g/mol. The summed E-state index contributed by atoms with van der Waals surface area (Å²) in [4.78, 5) is 5.13. The lowest BCUT2D eigenvalue weighted by molar-refractivity contribution is 0.00578. The van der Waals surface area contributed by atoms with Gasteiger partial charge in [0.25, 0.3) is 0 Å². The van der Waals surface area contributed by atoms with Crippen molar-refractivity contribution in [3.8, 4) is 0 Å². The van der Waals surface area contributed by atoms with Crippen LogP contribution in [0.4, 0.5) is 5.69 Å². The number of hydrogen-bond donors (Lipinski definition) is 0. The maximum absolute atomic E-state index is 6.30. The Morgan fingerprint density at radius 3 is 2.03 bits per heavy atom. The van der Waals surface area contributed by atoms with Crippen molar-refractivity contribution in [1.29, 1.82) is 0 Å². The molecule has 0 atom stereocenters. The quantitative estimate of drug-likeness (QED) is 0.718. The van der Waals surface area contributed by atoms with E-state index in [9.17, 15) is 0 Å². The standard InChI is InChI=1S/C24H39BN2O2/c1-18(2)20-16-19(25-28-22(3,4)23(5,6)29-25)8-9-21(20)27-14-11-24(12-15-27)10-13-26(7)17-24/h8-9,16,18H,10-15,17H2,1-7H3. The highest BCUT2D eigenvalue weighted by molar-refractivity contribution is 6.62. The van der Waals surface area contributed by atoms with E-state index in [2.05, 4.69) is 76.6 Å². The highest BCUT2D eigenvalue weighted by Crippen LogP contribution is 2.42. The van der Waals surface area contributed by atoms with Gasteiger partial charge in [-0.2, -0.15) is 0 Å². The van der Waals surface area contributed by atoms with Crippen molar-refractivity contribution in [3.63, 3.8) is 0 Å². The van der Waals surface area contributed by atoms with Crippen LogP contribution in [0, 0.1) is 5.41 Å². The topological polar surface area (TPSA) is 24.9 Å². The zero-order valence-corrected chi connectivity index (χ0v) is 19.5. The fourth-order valence-electron chi connectivity index (χ4n) is 5.24. The Kier molecular flexibility index (Phi) is 5.32. The van der Waals surface area contributed by atoms with Gasteiger partial charge in [0.1, 0.15) is 0 Å². The number of nitrogens with zero attached hydrogens (tertiary/aromatic N) is 2. The second-order valence-corrected chi connectivity index (χ2v) is 11.0. The number of anilines is 1. The Morgan fingerprint density at radius 2 is 1.52 bits per heavy atom. The van der Waals surface area contributed by atoms with Gasteiger partial charge in [-0.1, -0.05) is 26.0 Å². The van der Waals surface area contributed by atoms with E-state index in [0.29, 0.717) is 11.3 Å². The molecule has 0 aliphatic carbocycles. The first kappa shape index (κ1) is 21.2. The van der Waals surface area contributed by atoms with E-state index in [1.807, 2.05) is 0 Å². The molecule has 3 heterocycles. The molecule has 3 aliphatic rings. The molecule has 0 amide bonds. The summed E-state index contributed by atoms with van der Waals surface area (Å²) in [6.07, 6.45) is 4.00. The first-order valence-electron chi connectivity index (χ1n) is 11.4. The van der Waals surface area contributed by atoms with Crippen LogP contribution in [-0.2, 0) is 9.31 Å². The Labute approximate surface area is 178 Å². The van der Waals surface area contributed by atoms with Crippen molar-refractivity contribution in [2.45, 2.75) is 77.9 Å². The summed E-state index contributed by atoms with van der Waals surface area (Å²) in [6.45, 7) is 18.0. The summed E-state index contributed by atoms with van der Waals surface area (Å²) in [5.74, 6) is 0.473. The van der Waals surface area contributed by atoms with E-state index in [4.69, 9.17) is 9.31 Å². The lowest BCUT2D eigenvalue weighted by atomic mass is 9.76. The zero-order valence-electron chi connectivity index (χ0n) is 19.5. The molecule has 160 valence electrons. The fraction of sp³-hybridized carbons (Fsp3) is 0.750. The average molecular weight is 398 g/mol. The fourth-order valence-corrected chi connectivity index (χ4v) is 5.24. The number of hydrogen-bond acceptors (Lipinski definition) is 4. The van der Waals surface area contributed by atoms with Crippen LogP contribution in [-0.4, -0.2) is 56.4 Å². The van der Waals surface area contributed by atoms with Gasteiger partial charge in [-0.05, 0) is 89.0 Å². The van der Waals surface area contributed by atoms with E-state index in [0.717, 1.165) is 5.46 Å². The summed E-state index contributed by atoms with van der Waals surface area (Å²) in [5, 5.41) is 0. The van der Waals surface area contributed by atoms with E-state index in [1.165, 1.54) is 56.7 Å². The summed E-state index contributed by atoms with van der Waals surface area (Å²) < 4.78 is 12.6. The van der Waals surface area contributed by atoms with E-state index < -0.39 is 0 Å². The highest BCUT2D eigenvalue weighted by atomic mass is 16.7. The summed E-state index contributed by atoms with van der Waals surface area (Å²) in [5.41, 5.74) is 3.92. The molecule has 0 bridgehead atoms. The van der Waals surface area contributed by atoms with Crippen molar-refractivity contribution in [1.82, 2.24) is 4.90 Å². The average Bonchev–Trinajstić information content (AvgIpc) is 3.11. The molecule has 1 aromatic rings. The lowest BCUT2D eigenvalue weighted by Crippen LogP contribution is -2.42. The number of rotatable bonds is 3. The van der Waals surface area contributed by atoms with Crippen molar-refractivity contribution >= 4 is 18.3 Å². The molecular formula is C24H39BN2O2. The maximum atomic E-state index is 6.30. The van der Waals surface area contributed by atoms with Crippen molar-refractivity contribution in [2.75, 3.05) is 38.1 Å². The Bertz CT molecular complexity index is 737. The van der Waals surface area contributed by atoms with Crippen LogP contribution in [0.25, 0.3) is 0 Å². The molecule has 0 radical (unpaired) electrons. The highest BCUT2D eigenvalue weighted by Gasteiger charge is 2.51. The molecule has 0 aromatic heterocycles. The second kappa shape index (κ2) is 7.28. The van der Waals surface area contributed by atoms with E-state index in [1.54, 1.807) is 0 Å². The van der Waals surface area contributed by atoms with Gasteiger partial charge in [0.2, 0.25) is 0 Å². The van der Waals surface area contributed by atoms with E-state index >= 15 is 0 Å². The van der Waals surface area contributed by atoms with Gasteiger partial charge in [-0.15, -0.1) is 0 Å². The molecule has 1 aromatic carbocycles. The first-order valence-corrected chi connectivity index (χ1v) is 11.4. The van der Waals surface area contributed by atoms with Crippen LogP contribution >= 0.6 is 0 Å². The van der Waals surface area contributed by atoms with Crippen LogP contribution in [0.2, 0.25) is 0 Å². The third-order valence-corrected chi connectivity index (χ3v) is 7.99. The van der Waals surface area contributed by atoms with Crippen LogP contribution in [0.5, 0.6) is 0 Å². The smallest absolute Gasteiger partial charge is 0.399 e. The van der Waals surface area contributed by atoms with Crippen LogP contribution in [0.1, 0.15) is 72.3 Å². The van der Waals surface area contributed by atoms with Crippen LogP contribution in [0.3, 0.4) is 0 Å². The normalized spacial score (nSPS) is 26.1. The molecule has 1 spiro atoms. The van der Waals surface area contributed by atoms with Crippen molar-refractivity contribution < 1.29 is 9.31 Å². The molecule has 3 saturated heterocycles. The van der Waals surface area contributed by atoms with Gasteiger partial charge in [-0.3, -0.25) is 0 Å². The molecule has 0 unspecified atom stereocenters. The Balaban J connectivity index is 1.54. The van der Waals surface area contributed by atoms with Gasteiger partial charge in [0.15, 0.2) is 0 Å². The maximum Gasteiger partial charge on any atom is 0.494 e. The van der Waals surface area contributed by atoms with Gasteiger partial charge in [0.05, 0.1) is 11.2 Å². The minimum Gasteiger partial charge on any atom is -0.399 e. The Hall–Kier alpha value is -1.04. The van der Waals surface area contributed by atoms with Gasteiger partial charge in [-0.25, -0.2) is 0 Å². The minimum absolute atomic E-state index is 0.287. The molecule has 29 heavy (non-hydrogen) atoms. The van der Waals surface area contributed by atoms with Gasteiger partial charge < -0.3 is 19.1 Å². The third-order valence-electron chi connectivity index (χ3n) is 7.99. The number of piperidine rings is 1. The summed E-state index contributed by atoms with van der Waals surface area (Å²) >= 11 is 0. The number of benzene rings is 1. The molecule has 0 N–H and O–H groups in total. The molecule has 5 heteroatoms. The lowest BCUT2D eigenvalue weighted by Gasteiger charge is -2.41. The predicted molar refractivity (Wildman–Crippen MR) is 122 cm³/mol. The minimum atomic E-state index is -0.302. The summed E-state index contributed by atoms with van der Waals surface area (Å²) in [6, 6.07) is 6.86. The molecule has 4 nitrogen and oxygen atoms in total. The van der Waals surface area contributed by atoms with Crippen LogP contribution < -0.4 is 10.4 Å². The molecule has 3 aliphatic heterocycles. The molecule has 4 rings (SSSR count). The van der Waals surface area contributed by atoms with Crippen LogP contribution in [0.15, 0.2) is 18.2 Å². The molecule has 0 saturated carbocycles. The number of likely N-dealkylation sites (tertiary alicyclic amines) is 1. The SMILES string of the molecule is CC(C)c1cc(B2OC(C)(C)C(C)(C)O2)ccc1N1CCC2(CCN(C)C2)CC1. The third kappa shape index (κ3) is 3.86. The van der Waals surface area contributed by atoms with E-state index in [-0.39, 0.29) is 18.3 Å². The second-order valence-electron chi connectivity index (χ2n) is 11.0. The van der Waals surface area contributed by atoms with Gasteiger partial charge >= 0.3 is 7.12 Å². The van der Waals surface area contributed by atoms with Gasteiger partial charge in [0, 0.05) is 25.3 Å². The molecule has 3 fully saturated rings. The molecular weight excluding hydrogens is 359 g/mol. The Morgan fingerprint density at radius 1 is 0.931 bits per heavy atom. The zero-order chi connectivity index (χ0) is 21.0. The summed E-state index contributed by atoms with van der Waals surface area (Å²) in [7, 11) is 1.98. The predicted octanol–water partition coefficient (Wildman–Crippen LogP) is 4.03. The first-order chi connectivity index (χ1) is 13.5. The largest absolute Gasteiger partial charge is 0.494 e. The van der Waals surface area contributed by atoms with Crippen molar-refractivity contribution in [2.24, 2.45) is 5.41 Å².